The van der Waals surface area contributed by atoms with Crippen molar-refractivity contribution in [1.82, 2.24) is 10.1 Å². The normalized spacial score (nSPS) is 15.2. The van der Waals surface area contributed by atoms with E-state index in [-0.39, 0.29) is 12.0 Å². The van der Waals surface area contributed by atoms with Crippen molar-refractivity contribution in [2.24, 2.45) is 11.7 Å². The first-order valence-electron chi connectivity index (χ1n) is 6.12. The van der Waals surface area contributed by atoms with Crippen LogP contribution in [-0.4, -0.2) is 29.9 Å². The predicted molar refractivity (Wildman–Crippen MR) is 65.7 cm³/mol. The summed E-state index contributed by atoms with van der Waals surface area (Å²) in [4.78, 5) is 4.38. The third kappa shape index (κ3) is 4.44. The Morgan fingerprint density at radius 1 is 1.35 bits per heavy atom. The van der Waals surface area contributed by atoms with Crippen LogP contribution in [-0.2, 0) is 11.2 Å². The monoisotopic (exact) mass is 241 g/mol. The molecule has 1 aromatic rings. The second kappa shape index (κ2) is 6.71. The summed E-state index contributed by atoms with van der Waals surface area (Å²) in [6.45, 7) is 6.84. The minimum absolute atomic E-state index is 0.0990. The molecule has 98 valence electrons. The largest absolute Gasteiger partial charge is 0.381 e. The van der Waals surface area contributed by atoms with Crippen molar-refractivity contribution in [3.8, 4) is 0 Å². The van der Waals surface area contributed by atoms with E-state index >= 15 is 0 Å². The van der Waals surface area contributed by atoms with Crippen LogP contribution >= 0.6 is 0 Å². The van der Waals surface area contributed by atoms with Crippen LogP contribution in [0.25, 0.3) is 0 Å². The molecule has 0 spiro atoms. The van der Waals surface area contributed by atoms with Gasteiger partial charge >= 0.3 is 0 Å². The van der Waals surface area contributed by atoms with Crippen LogP contribution < -0.4 is 5.73 Å². The maximum absolute atomic E-state index is 5.74. The number of nitrogens with zero attached hydrogens (tertiary/aromatic N) is 2. The van der Waals surface area contributed by atoms with Crippen LogP contribution in [0.15, 0.2) is 4.52 Å². The van der Waals surface area contributed by atoms with Gasteiger partial charge in [-0.05, 0) is 19.3 Å². The average molecular weight is 241 g/mol. The molecule has 2 N–H and O–H groups in total. The Labute approximate surface area is 103 Å². The Balaban J connectivity index is 2.64. The van der Waals surface area contributed by atoms with Gasteiger partial charge in [0.2, 0.25) is 5.89 Å². The smallest absolute Gasteiger partial charge is 0.231 e. The first-order chi connectivity index (χ1) is 8.06. The van der Waals surface area contributed by atoms with Gasteiger partial charge < -0.3 is 15.0 Å². The molecule has 2 atom stereocenters. The number of nitrogens with two attached hydrogens (primary N) is 1. The fourth-order valence-electron chi connectivity index (χ4n) is 1.72. The zero-order chi connectivity index (χ0) is 12.8. The zero-order valence-electron chi connectivity index (χ0n) is 11.1. The number of rotatable bonds is 7. The minimum atomic E-state index is 0.0990. The maximum atomic E-state index is 5.74. The van der Waals surface area contributed by atoms with E-state index in [1.165, 1.54) is 0 Å². The summed E-state index contributed by atoms with van der Waals surface area (Å²) in [7, 11) is 1.67. The molecule has 0 saturated carbocycles. The fraction of sp³-hybridized carbons (Fsp3) is 0.833. The molecule has 5 heteroatoms. The Hall–Kier alpha value is -0.940. The minimum Gasteiger partial charge on any atom is -0.381 e. The Kier molecular flexibility index (Phi) is 5.58. The SMILES string of the molecule is COC(C)Cc1noc(C(CN)CC(C)C)n1. The molecule has 0 saturated heterocycles. The van der Waals surface area contributed by atoms with Gasteiger partial charge in [0.1, 0.15) is 0 Å². The molecule has 2 unspecified atom stereocenters. The molecule has 5 nitrogen and oxygen atoms in total. The summed E-state index contributed by atoms with van der Waals surface area (Å²) < 4.78 is 10.4. The quantitative estimate of drug-likeness (QED) is 0.787. The lowest BCUT2D eigenvalue weighted by Gasteiger charge is -2.12. The number of hydrogen-bond acceptors (Lipinski definition) is 5. The van der Waals surface area contributed by atoms with Crippen LogP contribution in [0.4, 0.5) is 0 Å². The molecule has 1 rings (SSSR count). The standard InChI is InChI=1S/C12H23N3O2/c1-8(2)5-10(7-13)12-14-11(15-17-12)6-9(3)16-4/h8-10H,5-7,13H2,1-4H3. The van der Waals surface area contributed by atoms with Gasteiger partial charge in [0, 0.05) is 20.1 Å². The van der Waals surface area contributed by atoms with Crippen LogP contribution in [0.1, 0.15) is 44.8 Å². The highest BCUT2D eigenvalue weighted by atomic mass is 16.5. The lowest BCUT2D eigenvalue weighted by molar-refractivity contribution is 0.116. The van der Waals surface area contributed by atoms with Gasteiger partial charge in [-0.15, -0.1) is 0 Å². The van der Waals surface area contributed by atoms with Crippen molar-refractivity contribution in [1.29, 1.82) is 0 Å². The molecule has 0 radical (unpaired) electrons. The number of methoxy groups -OCH3 is 1. The molecule has 0 amide bonds. The molecular formula is C12H23N3O2. The number of ether oxygens (including phenoxy) is 1. The van der Waals surface area contributed by atoms with Crippen molar-refractivity contribution < 1.29 is 9.26 Å². The summed E-state index contributed by atoms with van der Waals surface area (Å²) in [5, 5.41) is 3.96. The first kappa shape index (κ1) is 14.1. The summed E-state index contributed by atoms with van der Waals surface area (Å²) in [6, 6.07) is 0. The van der Waals surface area contributed by atoms with Gasteiger partial charge in [-0.3, -0.25) is 0 Å². The molecule has 0 aliphatic heterocycles. The van der Waals surface area contributed by atoms with Gasteiger partial charge in [0.05, 0.1) is 12.0 Å². The van der Waals surface area contributed by atoms with Crippen LogP contribution in [0.5, 0.6) is 0 Å². The zero-order valence-corrected chi connectivity index (χ0v) is 11.1. The number of hydrogen-bond donors (Lipinski definition) is 1. The van der Waals surface area contributed by atoms with Crippen molar-refractivity contribution in [3.63, 3.8) is 0 Å². The molecule has 0 aromatic carbocycles. The van der Waals surface area contributed by atoms with Crippen molar-refractivity contribution in [3.05, 3.63) is 11.7 Å². The summed E-state index contributed by atoms with van der Waals surface area (Å²) in [6.07, 6.45) is 1.73. The van der Waals surface area contributed by atoms with E-state index in [9.17, 15) is 0 Å². The second-order valence-corrected chi connectivity index (χ2v) is 4.86. The van der Waals surface area contributed by atoms with E-state index in [4.69, 9.17) is 15.0 Å². The molecule has 0 aliphatic carbocycles. The van der Waals surface area contributed by atoms with Gasteiger partial charge in [0.25, 0.3) is 0 Å². The van der Waals surface area contributed by atoms with Gasteiger partial charge in [-0.1, -0.05) is 19.0 Å². The number of aromatic nitrogens is 2. The molecule has 0 fully saturated rings. The Morgan fingerprint density at radius 2 is 2.06 bits per heavy atom. The molecule has 0 bridgehead atoms. The second-order valence-electron chi connectivity index (χ2n) is 4.86. The summed E-state index contributed by atoms with van der Waals surface area (Å²) >= 11 is 0. The van der Waals surface area contributed by atoms with E-state index in [0.717, 1.165) is 6.42 Å². The highest BCUT2D eigenvalue weighted by Gasteiger charge is 2.19. The third-order valence-electron chi connectivity index (χ3n) is 2.75. The van der Waals surface area contributed by atoms with Gasteiger partial charge in [0.15, 0.2) is 5.82 Å². The molecule has 1 aromatic heterocycles. The van der Waals surface area contributed by atoms with Crippen molar-refractivity contribution in [2.75, 3.05) is 13.7 Å². The van der Waals surface area contributed by atoms with E-state index < -0.39 is 0 Å². The Bertz CT molecular complexity index is 325. The van der Waals surface area contributed by atoms with E-state index in [2.05, 4.69) is 24.0 Å². The highest BCUT2D eigenvalue weighted by Crippen LogP contribution is 2.21. The predicted octanol–water partition coefficient (Wildman–Crippen LogP) is 1.74. The van der Waals surface area contributed by atoms with Crippen molar-refractivity contribution >= 4 is 0 Å². The van der Waals surface area contributed by atoms with Crippen LogP contribution in [0.3, 0.4) is 0 Å². The maximum Gasteiger partial charge on any atom is 0.231 e. The van der Waals surface area contributed by atoms with Crippen molar-refractivity contribution in [2.45, 2.75) is 45.6 Å². The summed E-state index contributed by atoms with van der Waals surface area (Å²) in [5.41, 5.74) is 5.74. The highest BCUT2D eigenvalue weighted by molar-refractivity contribution is 4.96. The van der Waals surface area contributed by atoms with E-state index in [1.54, 1.807) is 7.11 Å². The van der Waals surface area contributed by atoms with Gasteiger partial charge in [-0.2, -0.15) is 4.98 Å². The fourth-order valence-corrected chi connectivity index (χ4v) is 1.72. The van der Waals surface area contributed by atoms with E-state index in [0.29, 0.717) is 30.6 Å². The lowest BCUT2D eigenvalue weighted by atomic mass is 9.97. The lowest BCUT2D eigenvalue weighted by Crippen LogP contribution is -2.15. The van der Waals surface area contributed by atoms with Crippen LogP contribution in [0.2, 0.25) is 0 Å². The Morgan fingerprint density at radius 3 is 2.59 bits per heavy atom. The molecule has 0 aliphatic rings. The third-order valence-corrected chi connectivity index (χ3v) is 2.75. The summed E-state index contributed by atoms with van der Waals surface area (Å²) in [5.74, 6) is 2.07. The molecule has 17 heavy (non-hydrogen) atoms. The molecule has 1 heterocycles. The topological polar surface area (TPSA) is 74.2 Å². The van der Waals surface area contributed by atoms with Crippen LogP contribution in [0, 0.1) is 5.92 Å². The van der Waals surface area contributed by atoms with E-state index in [1.807, 2.05) is 6.92 Å². The first-order valence-corrected chi connectivity index (χ1v) is 6.12. The average Bonchev–Trinajstić information content (AvgIpc) is 2.73. The van der Waals surface area contributed by atoms with Gasteiger partial charge in [-0.25, -0.2) is 0 Å². The molecular weight excluding hydrogens is 218 g/mol.